The minimum absolute atomic E-state index is 0.256. The van der Waals surface area contributed by atoms with Crippen molar-refractivity contribution in [3.63, 3.8) is 0 Å². The predicted octanol–water partition coefficient (Wildman–Crippen LogP) is 3.30. The number of benzene rings is 1. The van der Waals surface area contributed by atoms with E-state index in [0.717, 1.165) is 0 Å². The third-order valence-electron chi connectivity index (χ3n) is 3.74. The molecule has 4 nitrogen and oxygen atoms in total. The van der Waals surface area contributed by atoms with Crippen LogP contribution >= 0.6 is 11.8 Å². The smallest absolute Gasteiger partial charge is 0.307 e. The Morgan fingerprint density at radius 2 is 1.90 bits per heavy atom. The first-order valence-corrected chi connectivity index (χ1v) is 7.20. The summed E-state index contributed by atoms with van der Waals surface area (Å²) in [5.41, 5.74) is -0.347. The summed E-state index contributed by atoms with van der Waals surface area (Å²) in [5, 5.41) is 11.6. The summed E-state index contributed by atoms with van der Waals surface area (Å²) in [6.07, 6.45) is 0. The topological polar surface area (TPSA) is 66.4 Å². The zero-order valence-corrected chi connectivity index (χ0v) is 12.3. The molecule has 2 N–H and O–H groups in total. The maximum Gasteiger partial charge on any atom is 0.307 e. The number of nitrogens with one attached hydrogen (secondary N) is 1. The van der Waals surface area contributed by atoms with E-state index in [1.165, 1.54) is 12.1 Å². The Bertz CT molecular complexity index is 577. The van der Waals surface area contributed by atoms with Crippen LogP contribution in [0.4, 0.5) is 14.5 Å². The van der Waals surface area contributed by atoms with E-state index in [4.69, 9.17) is 5.11 Å². The molecule has 0 aliphatic heterocycles. The van der Waals surface area contributed by atoms with E-state index < -0.39 is 34.9 Å². The van der Waals surface area contributed by atoms with Crippen molar-refractivity contribution in [1.82, 2.24) is 0 Å². The van der Waals surface area contributed by atoms with Gasteiger partial charge < -0.3 is 10.4 Å². The third kappa shape index (κ3) is 3.18. The highest BCUT2D eigenvalue weighted by atomic mass is 32.2. The van der Waals surface area contributed by atoms with E-state index in [0.29, 0.717) is 11.8 Å². The Morgan fingerprint density at radius 1 is 1.29 bits per heavy atom. The van der Waals surface area contributed by atoms with Crippen molar-refractivity contribution >= 4 is 29.3 Å². The SMILES string of the molecule is CC1(C)C(C(=O)O)C1C(=O)Nc1ccccc1SC(F)F. The molecule has 0 saturated heterocycles. The molecule has 1 aliphatic carbocycles. The zero-order chi connectivity index (χ0) is 15.8. The number of thioether (sulfide) groups is 1. The van der Waals surface area contributed by atoms with E-state index >= 15 is 0 Å². The van der Waals surface area contributed by atoms with Crippen molar-refractivity contribution in [1.29, 1.82) is 0 Å². The number of carboxylic acid groups (broad SMARTS) is 1. The Labute approximate surface area is 124 Å². The molecule has 1 fully saturated rings. The molecular formula is C14H15F2NO3S. The summed E-state index contributed by atoms with van der Waals surface area (Å²) in [6.45, 7) is 3.41. The van der Waals surface area contributed by atoms with Gasteiger partial charge in [-0.05, 0) is 17.5 Å². The van der Waals surface area contributed by atoms with Gasteiger partial charge in [0.15, 0.2) is 0 Å². The predicted molar refractivity (Wildman–Crippen MR) is 75.3 cm³/mol. The summed E-state index contributed by atoms with van der Waals surface area (Å²) >= 11 is 0.342. The minimum Gasteiger partial charge on any atom is -0.481 e. The number of hydrogen-bond acceptors (Lipinski definition) is 3. The maximum absolute atomic E-state index is 12.5. The number of carbonyl (C=O) groups is 2. The minimum atomic E-state index is -2.59. The second kappa shape index (κ2) is 5.63. The molecule has 2 atom stereocenters. The van der Waals surface area contributed by atoms with Gasteiger partial charge in [0.25, 0.3) is 5.76 Å². The van der Waals surface area contributed by atoms with Gasteiger partial charge in [-0.3, -0.25) is 9.59 Å². The molecule has 114 valence electrons. The van der Waals surface area contributed by atoms with Gasteiger partial charge in [0.1, 0.15) is 0 Å². The number of amides is 1. The second-order valence-electron chi connectivity index (χ2n) is 5.48. The van der Waals surface area contributed by atoms with Gasteiger partial charge in [0.2, 0.25) is 5.91 Å². The van der Waals surface area contributed by atoms with Gasteiger partial charge in [-0.2, -0.15) is 8.78 Å². The lowest BCUT2D eigenvalue weighted by Crippen LogP contribution is -2.18. The van der Waals surface area contributed by atoms with Crippen LogP contribution in [0.5, 0.6) is 0 Å². The standard InChI is InChI=1S/C14H15F2NO3S/c1-14(2)9(10(14)12(19)20)11(18)17-7-5-3-4-6-8(7)21-13(15)16/h3-6,9-10,13H,1-2H3,(H,17,18)(H,19,20). The first-order chi connectivity index (χ1) is 9.75. The number of carboxylic acids is 1. The molecule has 2 rings (SSSR count). The van der Waals surface area contributed by atoms with Crippen LogP contribution in [-0.2, 0) is 9.59 Å². The molecule has 0 radical (unpaired) electrons. The molecule has 2 unspecified atom stereocenters. The van der Waals surface area contributed by atoms with Crippen LogP contribution in [-0.4, -0.2) is 22.7 Å². The molecule has 21 heavy (non-hydrogen) atoms. The van der Waals surface area contributed by atoms with Gasteiger partial charge in [-0.15, -0.1) is 0 Å². The van der Waals surface area contributed by atoms with Gasteiger partial charge >= 0.3 is 5.97 Å². The van der Waals surface area contributed by atoms with Crippen molar-refractivity contribution < 1.29 is 23.5 Å². The van der Waals surface area contributed by atoms with E-state index in [-0.39, 0.29) is 10.6 Å². The van der Waals surface area contributed by atoms with E-state index in [1.807, 2.05) is 0 Å². The van der Waals surface area contributed by atoms with Gasteiger partial charge in [0.05, 0.1) is 17.5 Å². The summed E-state index contributed by atoms with van der Waals surface area (Å²) < 4.78 is 24.9. The zero-order valence-electron chi connectivity index (χ0n) is 11.5. The van der Waals surface area contributed by atoms with Crippen LogP contribution in [0.1, 0.15) is 13.8 Å². The quantitative estimate of drug-likeness (QED) is 0.818. The van der Waals surface area contributed by atoms with Crippen LogP contribution in [0.2, 0.25) is 0 Å². The normalized spacial score (nSPS) is 22.9. The average Bonchev–Trinajstić information content (AvgIpc) is 2.94. The summed E-state index contributed by atoms with van der Waals surface area (Å²) in [5.74, 6) is -5.45. The number of anilines is 1. The summed E-state index contributed by atoms with van der Waals surface area (Å²) in [6, 6.07) is 6.23. The average molecular weight is 315 g/mol. The molecule has 0 aromatic heterocycles. The number of carbonyl (C=O) groups excluding carboxylic acids is 1. The molecule has 7 heteroatoms. The lowest BCUT2D eigenvalue weighted by molar-refractivity contribution is -0.140. The summed E-state index contributed by atoms with van der Waals surface area (Å²) in [7, 11) is 0. The van der Waals surface area contributed by atoms with Gasteiger partial charge in [-0.1, -0.05) is 37.7 Å². The molecule has 0 spiro atoms. The fraction of sp³-hybridized carbons (Fsp3) is 0.429. The molecule has 1 aromatic rings. The van der Waals surface area contributed by atoms with Crippen molar-refractivity contribution in [2.75, 3.05) is 5.32 Å². The fourth-order valence-electron chi connectivity index (χ4n) is 2.57. The van der Waals surface area contributed by atoms with Crippen molar-refractivity contribution in [3.8, 4) is 0 Å². The Hall–Kier alpha value is -1.63. The van der Waals surface area contributed by atoms with Crippen LogP contribution in [0.3, 0.4) is 0 Å². The van der Waals surface area contributed by atoms with Crippen molar-refractivity contribution in [3.05, 3.63) is 24.3 Å². The molecule has 1 saturated carbocycles. The first kappa shape index (κ1) is 15.8. The van der Waals surface area contributed by atoms with E-state index in [1.54, 1.807) is 26.0 Å². The number of rotatable bonds is 5. The van der Waals surface area contributed by atoms with Crippen LogP contribution in [0, 0.1) is 17.3 Å². The molecule has 1 amide bonds. The lowest BCUT2D eigenvalue weighted by atomic mass is 10.1. The molecule has 0 heterocycles. The number of halogens is 2. The van der Waals surface area contributed by atoms with Crippen molar-refractivity contribution in [2.24, 2.45) is 17.3 Å². The number of para-hydroxylation sites is 1. The molecule has 0 bridgehead atoms. The maximum atomic E-state index is 12.5. The number of hydrogen-bond donors (Lipinski definition) is 2. The van der Waals surface area contributed by atoms with Crippen LogP contribution < -0.4 is 5.32 Å². The first-order valence-electron chi connectivity index (χ1n) is 6.32. The highest BCUT2D eigenvalue weighted by Gasteiger charge is 2.65. The van der Waals surface area contributed by atoms with Gasteiger partial charge in [0, 0.05) is 4.90 Å². The van der Waals surface area contributed by atoms with E-state index in [2.05, 4.69) is 5.32 Å². The largest absolute Gasteiger partial charge is 0.481 e. The summed E-state index contributed by atoms with van der Waals surface area (Å²) in [4.78, 5) is 23.5. The number of alkyl halides is 2. The highest BCUT2D eigenvalue weighted by molar-refractivity contribution is 7.99. The van der Waals surface area contributed by atoms with E-state index in [9.17, 15) is 18.4 Å². The van der Waals surface area contributed by atoms with Crippen molar-refractivity contribution in [2.45, 2.75) is 24.5 Å². The van der Waals surface area contributed by atoms with Crippen LogP contribution in [0.25, 0.3) is 0 Å². The molecule has 1 aliphatic rings. The molecular weight excluding hydrogens is 300 g/mol. The van der Waals surface area contributed by atoms with Crippen LogP contribution in [0.15, 0.2) is 29.2 Å². The highest BCUT2D eigenvalue weighted by Crippen LogP contribution is 2.58. The van der Waals surface area contributed by atoms with Gasteiger partial charge in [-0.25, -0.2) is 0 Å². The monoisotopic (exact) mass is 315 g/mol. The molecule has 1 aromatic carbocycles. The Morgan fingerprint density at radius 3 is 2.43 bits per heavy atom. The number of aliphatic carboxylic acids is 1. The Balaban J connectivity index is 2.13. The Kier molecular flexibility index (Phi) is 4.22. The second-order valence-corrected chi connectivity index (χ2v) is 6.51. The fourth-order valence-corrected chi connectivity index (χ4v) is 3.16. The lowest BCUT2D eigenvalue weighted by Gasteiger charge is -2.10. The third-order valence-corrected chi connectivity index (χ3v) is 4.52.